The van der Waals surface area contributed by atoms with Crippen LogP contribution in [0.5, 0.6) is 0 Å². The lowest BCUT2D eigenvalue weighted by Gasteiger charge is -2.16. The number of hydrogen-bond acceptors (Lipinski definition) is 4. The molecule has 8 heteroatoms. The van der Waals surface area contributed by atoms with Crippen LogP contribution in [0.1, 0.15) is 40.1 Å². The van der Waals surface area contributed by atoms with Gasteiger partial charge in [-0.2, -0.15) is 9.78 Å². The van der Waals surface area contributed by atoms with Gasteiger partial charge < -0.3 is 5.32 Å². The molecule has 0 aliphatic carbocycles. The highest BCUT2D eigenvalue weighted by molar-refractivity contribution is 5.92. The van der Waals surface area contributed by atoms with Gasteiger partial charge in [-0.15, -0.1) is 0 Å². The minimum atomic E-state index is -0.894. The van der Waals surface area contributed by atoms with Crippen LogP contribution in [-0.2, 0) is 6.54 Å². The van der Waals surface area contributed by atoms with Gasteiger partial charge in [0.1, 0.15) is 5.82 Å². The van der Waals surface area contributed by atoms with E-state index in [1.165, 1.54) is 18.2 Å². The van der Waals surface area contributed by atoms with Crippen LogP contribution in [0.3, 0.4) is 0 Å². The Morgan fingerprint density at radius 1 is 0.971 bits per heavy atom. The molecular weight excluding hydrogens is 435 g/mol. The summed E-state index contributed by atoms with van der Waals surface area (Å²) < 4.78 is 16.1. The predicted molar refractivity (Wildman–Crippen MR) is 127 cm³/mol. The fourth-order valence-corrected chi connectivity index (χ4v) is 3.54. The number of aromatic nitrogens is 3. The fraction of sp³-hybridized carbons (Fsp3) is 0.154. The number of benzene rings is 3. The van der Waals surface area contributed by atoms with Crippen LogP contribution in [0.4, 0.5) is 4.39 Å². The molecule has 4 aromatic rings. The number of nitrogens with zero attached hydrogens (tertiary/aromatic N) is 3. The molecule has 3 aromatic carbocycles. The van der Waals surface area contributed by atoms with Crippen molar-refractivity contribution in [2.24, 2.45) is 0 Å². The average molecular weight is 458 g/mol. The first-order valence-electron chi connectivity index (χ1n) is 10.8. The zero-order valence-corrected chi connectivity index (χ0v) is 18.7. The fourth-order valence-electron chi connectivity index (χ4n) is 3.54. The minimum absolute atomic E-state index is 0.146. The maximum absolute atomic E-state index is 14.3. The van der Waals surface area contributed by atoms with Crippen molar-refractivity contribution in [3.05, 3.63) is 128 Å². The zero-order valence-electron chi connectivity index (χ0n) is 18.7. The van der Waals surface area contributed by atoms with Gasteiger partial charge in [-0.05, 0) is 37.6 Å². The molecule has 4 rings (SSSR count). The second-order valence-corrected chi connectivity index (χ2v) is 7.97. The van der Waals surface area contributed by atoms with Gasteiger partial charge in [-0.25, -0.2) is 9.18 Å². The second kappa shape index (κ2) is 9.66. The van der Waals surface area contributed by atoms with Gasteiger partial charge >= 0.3 is 5.69 Å². The zero-order chi connectivity index (χ0) is 24.2. The Morgan fingerprint density at radius 2 is 1.62 bits per heavy atom. The van der Waals surface area contributed by atoms with Crippen LogP contribution in [0.25, 0.3) is 5.69 Å². The number of rotatable bonds is 6. The molecule has 172 valence electrons. The third-order valence-electron chi connectivity index (χ3n) is 5.49. The van der Waals surface area contributed by atoms with Gasteiger partial charge in [0, 0.05) is 5.56 Å². The van der Waals surface area contributed by atoms with Gasteiger partial charge in [0.05, 0.1) is 18.3 Å². The quantitative estimate of drug-likeness (QED) is 0.480. The molecule has 1 heterocycles. The molecule has 0 fully saturated rings. The molecule has 0 aliphatic rings. The first-order chi connectivity index (χ1) is 16.3. The smallest absolute Gasteiger partial charge is 0.344 e. The molecule has 34 heavy (non-hydrogen) atoms. The Morgan fingerprint density at radius 3 is 2.29 bits per heavy atom. The third-order valence-corrected chi connectivity index (χ3v) is 5.49. The Labute approximate surface area is 195 Å². The molecular formula is C26H23FN4O3. The first-order valence-corrected chi connectivity index (χ1v) is 10.8. The number of carbonyl (C=O) groups is 1. The maximum Gasteiger partial charge on any atom is 0.352 e. The Kier molecular flexibility index (Phi) is 6.49. The van der Waals surface area contributed by atoms with Crippen molar-refractivity contribution in [1.82, 2.24) is 19.7 Å². The first kappa shape index (κ1) is 22.8. The second-order valence-electron chi connectivity index (χ2n) is 7.97. The van der Waals surface area contributed by atoms with E-state index in [4.69, 9.17) is 0 Å². The van der Waals surface area contributed by atoms with Crippen LogP contribution < -0.4 is 16.6 Å². The summed E-state index contributed by atoms with van der Waals surface area (Å²) in [6.07, 6.45) is 0. The molecule has 1 amide bonds. The monoisotopic (exact) mass is 458 g/mol. The number of amides is 1. The van der Waals surface area contributed by atoms with E-state index in [-0.39, 0.29) is 12.1 Å². The van der Waals surface area contributed by atoms with E-state index < -0.39 is 34.7 Å². The lowest BCUT2D eigenvalue weighted by Crippen LogP contribution is -2.46. The van der Waals surface area contributed by atoms with Crippen molar-refractivity contribution in [3.8, 4) is 5.69 Å². The Bertz CT molecular complexity index is 1440. The largest absolute Gasteiger partial charge is 0.352 e. The summed E-state index contributed by atoms with van der Waals surface area (Å²) >= 11 is 0. The molecule has 1 N–H and O–H groups in total. The van der Waals surface area contributed by atoms with Crippen molar-refractivity contribution >= 4 is 5.91 Å². The average Bonchev–Trinajstić information content (AvgIpc) is 2.84. The summed E-state index contributed by atoms with van der Waals surface area (Å²) in [5, 5.41) is 6.87. The summed E-state index contributed by atoms with van der Waals surface area (Å²) in [5.74, 6) is -1.29. The van der Waals surface area contributed by atoms with Crippen LogP contribution in [0, 0.1) is 12.7 Å². The van der Waals surface area contributed by atoms with Crippen LogP contribution >= 0.6 is 0 Å². The topological polar surface area (TPSA) is 86.0 Å². The molecule has 0 aliphatic heterocycles. The normalized spacial score (nSPS) is 11.7. The van der Waals surface area contributed by atoms with Gasteiger partial charge in [0.15, 0.2) is 0 Å². The van der Waals surface area contributed by atoms with Crippen molar-refractivity contribution in [1.29, 1.82) is 0 Å². The van der Waals surface area contributed by atoms with Crippen LogP contribution in [0.2, 0.25) is 0 Å². The van der Waals surface area contributed by atoms with Crippen molar-refractivity contribution < 1.29 is 9.18 Å². The van der Waals surface area contributed by atoms with Gasteiger partial charge in [0.25, 0.3) is 11.5 Å². The van der Waals surface area contributed by atoms with E-state index in [0.29, 0.717) is 5.69 Å². The summed E-state index contributed by atoms with van der Waals surface area (Å²) in [7, 11) is 0. The summed E-state index contributed by atoms with van der Waals surface area (Å²) in [6, 6.07) is 21.6. The summed E-state index contributed by atoms with van der Waals surface area (Å²) in [4.78, 5) is 39.5. The lowest BCUT2D eigenvalue weighted by atomic mass is 10.1. The summed E-state index contributed by atoms with van der Waals surface area (Å²) in [6.45, 7) is 3.33. The molecule has 0 bridgehead atoms. The van der Waals surface area contributed by atoms with Gasteiger partial charge in [-0.3, -0.25) is 14.2 Å². The highest BCUT2D eigenvalue weighted by Gasteiger charge is 2.22. The number of carbonyl (C=O) groups excluding carboxylic acids is 1. The Balaban J connectivity index is 1.82. The van der Waals surface area contributed by atoms with Crippen molar-refractivity contribution in [2.45, 2.75) is 26.4 Å². The van der Waals surface area contributed by atoms with E-state index in [0.717, 1.165) is 20.4 Å². The number of hydrogen-bond donors (Lipinski definition) is 1. The molecule has 0 saturated heterocycles. The number of halogens is 1. The Hall–Kier alpha value is -4.33. The molecule has 0 radical (unpaired) electrons. The standard InChI is InChI=1S/C26H23FN4O3/c1-17-12-14-21(15-13-17)31-26(34)30(16-20-10-6-7-11-22(20)27)25(33)23(29-31)24(32)28-18(2)19-8-4-3-5-9-19/h3-15,18H,16H2,1-2H3,(H,28,32). The number of aryl methyl sites for hydroxylation is 1. The van der Waals surface area contributed by atoms with E-state index in [2.05, 4.69) is 10.4 Å². The SMILES string of the molecule is Cc1ccc(-n2nc(C(=O)NC(C)c3ccccc3)c(=O)n(Cc3ccccc3F)c2=O)cc1. The summed E-state index contributed by atoms with van der Waals surface area (Å²) in [5.41, 5.74) is 0.203. The van der Waals surface area contributed by atoms with E-state index >= 15 is 0 Å². The lowest BCUT2D eigenvalue weighted by molar-refractivity contribution is 0.0930. The van der Waals surface area contributed by atoms with E-state index in [1.54, 1.807) is 37.3 Å². The minimum Gasteiger partial charge on any atom is -0.344 e. The van der Waals surface area contributed by atoms with Gasteiger partial charge in [-0.1, -0.05) is 66.2 Å². The number of nitrogens with one attached hydrogen (secondary N) is 1. The third kappa shape index (κ3) is 4.71. The molecule has 0 saturated carbocycles. The molecule has 0 spiro atoms. The van der Waals surface area contributed by atoms with Crippen LogP contribution in [0.15, 0.2) is 88.5 Å². The maximum atomic E-state index is 14.3. The highest BCUT2D eigenvalue weighted by atomic mass is 19.1. The molecule has 1 unspecified atom stereocenters. The predicted octanol–water partition coefficient (Wildman–Crippen LogP) is 3.38. The van der Waals surface area contributed by atoms with E-state index in [9.17, 15) is 18.8 Å². The molecule has 1 atom stereocenters. The highest BCUT2D eigenvalue weighted by Crippen LogP contribution is 2.12. The molecule has 7 nitrogen and oxygen atoms in total. The molecule has 1 aromatic heterocycles. The van der Waals surface area contributed by atoms with Gasteiger partial charge in [0.2, 0.25) is 5.69 Å². The van der Waals surface area contributed by atoms with Crippen molar-refractivity contribution in [2.75, 3.05) is 0 Å². The van der Waals surface area contributed by atoms with E-state index in [1.807, 2.05) is 37.3 Å². The van der Waals surface area contributed by atoms with Crippen molar-refractivity contribution in [3.63, 3.8) is 0 Å². The van der Waals surface area contributed by atoms with Crippen LogP contribution in [-0.4, -0.2) is 20.3 Å².